The molecule has 80 valence electrons. The van der Waals surface area contributed by atoms with Crippen LogP contribution < -0.4 is 10.6 Å². The first-order valence-electron chi connectivity index (χ1n) is 5.67. The fraction of sp³-hybridized carbons (Fsp3) is 0.900. The van der Waals surface area contributed by atoms with Crippen LogP contribution in [0.15, 0.2) is 4.99 Å². The number of hydrogen-bond acceptors (Lipinski definition) is 4. The van der Waals surface area contributed by atoms with Crippen LogP contribution in [-0.2, 0) is 0 Å². The Kier molecular flexibility index (Phi) is 3.24. The van der Waals surface area contributed by atoms with E-state index in [-0.39, 0.29) is 0 Å². The molecule has 2 rings (SSSR count). The van der Waals surface area contributed by atoms with Crippen LogP contribution in [0, 0.1) is 0 Å². The predicted octanol–water partition coefficient (Wildman–Crippen LogP) is 0.0195. The minimum Gasteiger partial charge on any atom is -0.354 e. The summed E-state index contributed by atoms with van der Waals surface area (Å²) in [6.45, 7) is 7.48. The summed E-state index contributed by atoms with van der Waals surface area (Å²) < 4.78 is 0. The van der Waals surface area contributed by atoms with E-state index in [1.807, 2.05) is 0 Å². The molecule has 2 aliphatic heterocycles. The van der Waals surface area contributed by atoms with Gasteiger partial charge in [0.1, 0.15) is 0 Å². The average molecular weight is 196 g/mol. The molecule has 4 heteroatoms. The zero-order chi connectivity index (χ0) is 9.80. The lowest BCUT2D eigenvalue weighted by atomic mass is 10.1. The first-order valence-corrected chi connectivity index (χ1v) is 5.67. The zero-order valence-electron chi connectivity index (χ0n) is 8.92. The molecule has 0 radical (unpaired) electrons. The normalized spacial score (nSPS) is 26.9. The third-order valence-corrected chi connectivity index (χ3v) is 2.98. The van der Waals surface area contributed by atoms with Gasteiger partial charge in [0.2, 0.25) is 0 Å². The second-order valence-electron chi connectivity index (χ2n) is 3.92. The van der Waals surface area contributed by atoms with Crippen molar-refractivity contribution >= 4 is 5.96 Å². The van der Waals surface area contributed by atoms with Crippen LogP contribution in [0.25, 0.3) is 0 Å². The van der Waals surface area contributed by atoms with Crippen LogP contribution in [0.1, 0.15) is 19.8 Å². The van der Waals surface area contributed by atoms with Crippen LogP contribution in [0.5, 0.6) is 0 Å². The summed E-state index contributed by atoms with van der Waals surface area (Å²) in [5.74, 6) is 1.11. The molecule has 0 aromatic heterocycles. The van der Waals surface area contributed by atoms with Gasteiger partial charge in [-0.15, -0.1) is 0 Å². The van der Waals surface area contributed by atoms with E-state index >= 15 is 0 Å². The third-order valence-electron chi connectivity index (χ3n) is 2.98. The second kappa shape index (κ2) is 4.64. The van der Waals surface area contributed by atoms with Crippen LogP contribution in [-0.4, -0.2) is 49.6 Å². The van der Waals surface area contributed by atoms with Gasteiger partial charge in [-0.1, -0.05) is 0 Å². The molecule has 0 bridgehead atoms. The lowest BCUT2D eigenvalue weighted by molar-refractivity contribution is 0.261. The first kappa shape index (κ1) is 9.77. The maximum atomic E-state index is 4.49. The van der Waals surface area contributed by atoms with Crippen molar-refractivity contribution in [3.05, 3.63) is 0 Å². The van der Waals surface area contributed by atoms with E-state index in [2.05, 4.69) is 27.4 Å². The molecule has 0 aromatic carbocycles. The van der Waals surface area contributed by atoms with Gasteiger partial charge in [0.05, 0.1) is 6.54 Å². The Labute approximate surface area is 85.8 Å². The van der Waals surface area contributed by atoms with Crippen molar-refractivity contribution in [1.82, 2.24) is 15.5 Å². The maximum Gasteiger partial charge on any atom is 0.194 e. The summed E-state index contributed by atoms with van der Waals surface area (Å²) in [5, 5.41) is 6.80. The maximum absolute atomic E-state index is 4.49. The quantitative estimate of drug-likeness (QED) is 0.654. The molecule has 2 aliphatic rings. The summed E-state index contributed by atoms with van der Waals surface area (Å²) in [4.78, 5) is 6.89. The number of nitrogens with one attached hydrogen (secondary N) is 2. The summed E-state index contributed by atoms with van der Waals surface area (Å²) in [5.41, 5.74) is 0. The Hall–Kier alpha value is -0.770. The zero-order valence-corrected chi connectivity index (χ0v) is 8.92. The minimum atomic E-state index is 0.637. The van der Waals surface area contributed by atoms with Crippen LogP contribution in [0.2, 0.25) is 0 Å². The highest BCUT2D eigenvalue weighted by atomic mass is 15.3. The Bertz CT molecular complexity index is 208. The number of nitrogens with zero attached hydrogens (tertiary/aromatic N) is 2. The monoisotopic (exact) mass is 196 g/mol. The van der Waals surface area contributed by atoms with Crippen LogP contribution in [0.4, 0.5) is 0 Å². The van der Waals surface area contributed by atoms with Crippen LogP contribution in [0.3, 0.4) is 0 Å². The minimum absolute atomic E-state index is 0.637. The molecular formula is C10H20N4. The van der Waals surface area contributed by atoms with Crippen molar-refractivity contribution in [2.24, 2.45) is 4.99 Å². The van der Waals surface area contributed by atoms with E-state index in [0.29, 0.717) is 6.04 Å². The SMILES string of the molecule is CCN(C1=NCCN1)C1CCCNC1. The number of piperidine rings is 1. The fourth-order valence-electron chi connectivity index (χ4n) is 2.26. The molecule has 2 N–H and O–H groups in total. The predicted molar refractivity (Wildman–Crippen MR) is 58.6 cm³/mol. The molecule has 14 heavy (non-hydrogen) atoms. The third kappa shape index (κ3) is 2.00. The van der Waals surface area contributed by atoms with E-state index < -0.39 is 0 Å². The second-order valence-corrected chi connectivity index (χ2v) is 3.92. The summed E-state index contributed by atoms with van der Waals surface area (Å²) >= 11 is 0. The molecule has 4 nitrogen and oxygen atoms in total. The topological polar surface area (TPSA) is 39.7 Å². The van der Waals surface area contributed by atoms with Crippen molar-refractivity contribution in [1.29, 1.82) is 0 Å². The highest BCUT2D eigenvalue weighted by Gasteiger charge is 2.23. The molecule has 0 saturated carbocycles. The number of aliphatic imine (C=N–C) groups is 1. The largest absolute Gasteiger partial charge is 0.354 e. The molecular weight excluding hydrogens is 176 g/mol. The van der Waals surface area contributed by atoms with Crippen molar-refractivity contribution in [2.45, 2.75) is 25.8 Å². The van der Waals surface area contributed by atoms with E-state index in [1.54, 1.807) is 0 Å². The lowest BCUT2D eigenvalue weighted by Gasteiger charge is -2.35. The Morgan fingerprint density at radius 1 is 1.50 bits per heavy atom. The van der Waals surface area contributed by atoms with Crippen molar-refractivity contribution in [2.75, 3.05) is 32.7 Å². The summed E-state index contributed by atoms with van der Waals surface area (Å²) in [6, 6.07) is 0.637. The molecule has 2 heterocycles. The fourth-order valence-corrected chi connectivity index (χ4v) is 2.26. The summed E-state index contributed by atoms with van der Waals surface area (Å²) in [6.07, 6.45) is 2.58. The Morgan fingerprint density at radius 3 is 3.00 bits per heavy atom. The van der Waals surface area contributed by atoms with Crippen molar-refractivity contribution in [3.8, 4) is 0 Å². The van der Waals surface area contributed by atoms with E-state index in [4.69, 9.17) is 0 Å². The number of hydrogen-bond donors (Lipinski definition) is 2. The molecule has 0 aromatic rings. The highest BCUT2D eigenvalue weighted by Crippen LogP contribution is 2.11. The van der Waals surface area contributed by atoms with Gasteiger partial charge in [0, 0.05) is 25.7 Å². The standard InChI is InChI=1S/C10H20N4/c1-2-14(10-12-6-7-13-10)9-4-3-5-11-8-9/h9,11H,2-8H2,1H3,(H,12,13). The van der Waals surface area contributed by atoms with Crippen molar-refractivity contribution < 1.29 is 0 Å². The van der Waals surface area contributed by atoms with Gasteiger partial charge in [-0.25, -0.2) is 0 Å². The van der Waals surface area contributed by atoms with Gasteiger partial charge in [0.15, 0.2) is 5.96 Å². The molecule has 0 amide bonds. The molecule has 1 atom stereocenters. The van der Waals surface area contributed by atoms with Gasteiger partial charge in [-0.2, -0.15) is 0 Å². The van der Waals surface area contributed by atoms with Crippen molar-refractivity contribution in [3.63, 3.8) is 0 Å². The van der Waals surface area contributed by atoms with Gasteiger partial charge in [-0.3, -0.25) is 4.99 Å². The molecule has 1 fully saturated rings. The first-order chi connectivity index (χ1) is 6.92. The van der Waals surface area contributed by atoms with Gasteiger partial charge in [-0.05, 0) is 26.3 Å². The Morgan fingerprint density at radius 2 is 2.43 bits per heavy atom. The molecule has 1 saturated heterocycles. The summed E-state index contributed by atoms with van der Waals surface area (Å²) in [7, 11) is 0. The van der Waals surface area contributed by atoms with E-state index in [1.165, 1.54) is 19.4 Å². The van der Waals surface area contributed by atoms with Gasteiger partial charge >= 0.3 is 0 Å². The average Bonchev–Trinajstić information content (AvgIpc) is 2.74. The molecule has 0 aliphatic carbocycles. The smallest absolute Gasteiger partial charge is 0.194 e. The lowest BCUT2D eigenvalue weighted by Crippen LogP contribution is -2.51. The molecule has 0 spiro atoms. The Balaban J connectivity index is 1.96. The number of guanidine groups is 1. The van der Waals surface area contributed by atoms with Gasteiger partial charge in [0.25, 0.3) is 0 Å². The van der Waals surface area contributed by atoms with Crippen LogP contribution >= 0.6 is 0 Å². The van der Waals surface area contributed by atoms with E-state index in [9.17, 15) is 0 Å². The van der Waals surface area contributed by atoms with E-state index in [0.717, 1.165) is 32.1 Å². The molecule has 1 unspecified atom stereocenters. The highest BCUT2D eigenvalue weighted by molar-refractivity contribution is 5.81. The number of likely N-dealkylation sites (N-methyl/N-ethyl adjacent to an activating group) is 1. The van der Waals surface area contributed by atoms with Gasteiger partial charge < -0.3 is 15.5 Å². The number of rotatable bonds is 2.